The highest BCUT2D eigenvalue weighted by atomic mass is 35.5. The Bertz CT molecular complexity index is 7040. The van der Waals surface area contributed by atoms with Crippen LogP contribution in [0.5, 0.6) is 0 Å². The molecular formula is C93H73ClN16O12S4. The summed E-state index contributed by atoms with van der Waals surface area (Å²) >= 11 is 6.38. The van der Waals surface area contributed by atoms with Gasteiger partial charge in [-0.15, -0.1) is 0 Å². The van der Waals surface area contributed by atoms with Gasteiger partial charge in [-0.25, -0.2) is 58.6 Å². The molecule has 126 heavy (non-hydrogen) atoms. The van der Waals surface area contributed by atoms with Crippen molar-refractivity contribution in [1.29, 1.82) is 0 Å². The van der Waals surface area contributed by atoms with E-state index in [2.05, 4.69) is 56.2 Å². The Kier molecular flexibility index (Phi) is 23.3. The first-order chi connectivity index (χ1) is 60.8. The highest BCUT2D eigenvalue weighted by molar-refractivity contribution is 7.95. The molecule has 4 aliphatic heterocycles. The van der Waals surface area contributed by atoms with Crippen molar-refractivity contribution in [1.82, 2.24) is 39.9 Å². The summed E-state index contributed by atoms with van der Waals surface area (Å²) in [6.07, 6.45) is 8.68. The summed E-state index contributed by atoms with van der Waals surface area (Å²) in [4.78, 5) is 86.5. The Morgan fingerprint density at radius 3 is 1.14 bits per heavy atom. The molecule has 0 saturated carbocycles. The second-order valence-corrected chi connectivity index (χ2v) is 37.9. The molecule has 16 aromatic rings. The van der Waals surface area contributed by atoms with E-state index in [-0.39, 0.29) is 46.6 Å². The lowest BCUT2D eigenvalue weighted by Gasteiger charge is -2.32. The van der Waals surface area contributed by atoms with Crippen molar-refractivity contribution in [3.8, 4) is 45.2 Å². The normalized spacial score (nSPS) is 14.7. The number of anilines is 8. The Balaban J connectivity index is 0.000000119. The summed E-state index contributed by atoms with van der Waals surface area (Å²) in [7, 11) is -12.7. The zero-order valence-corrected chi connectivity index (χ0v) is 70.8. The van der Waals surface area contributed by atoms with E-state index in [0.717, 1.165) is 83.2 Å². The van der Waals surface area contributed by atoms with Gasteiger partial charge >= 0.3 is 0 Å². The molecule has 4 fully saturated rings. The molecule has 4 amide bonds. The number of carbonyl (C=O) groups is 4. The van der Waals surface area contributed by atoms with Crippen LogP contribution in [0, 0.1) is 6.92 Å². The first-order valence-electron chi connectivity index (χ1n) is 39.5. The summed E-state index contributed by atoms with van der Waals surface area (Å²) in [5.41, 5.74) is 18.1. The van der Waals surface area contributed by atoms with E-state index in [4.69, 9.17) is 16.6 Å². The second-order valence-electron chi connectivity index (χ2n) is 29.4. The first kappa shape index (κ1) is 83.4. The number of amides is 4. The summed E-state index contributed by atoms with van der Waals surface area (Å²) in [6, 6.07) is 80.5. The van der Waals surface area contributed by atoms with Gasteiger partial charge in [0, 0.05) is 135 Å². The second kappa shape index (κ2) is 35.2. The van der Waals surface area contributed by atoms with E-state index in [0.29, 0.717) is 110 Å². The predicted molar refractivity (Wildman–Crippen MR) is 492 cm³/mol. The largest absolute Gasteiger partial charge is 0.322 e. The Hall–Kier alpha value is -14.8. The molecule has 0 bridgehead atoms. The number of nitrogens with one attached hydrogen (secondary N) is 4. The van der Waals surface area contributed by atoms with Gasteiger partial charge in [-0.05, 0) is 237 Å². The average molecular weight is 1770 g/mol. The fourth-order valence-corrected chi connectivity index (χ4v) is 18.8. The van der Waals surface area contributed by atoms with E-state index in [1.54, 1.807) is 146 Å². The van der Waals surface area contributed by atoms with Gasteiger partial charge in [-0.3, -0.25) is 51.4 Å². The van der Waals surface area contributed by atoms with E-state index in [9.17, 15) is 52.8 Å². The molecule has 4 aliphatic rings. The van der Waals surface area contributed by atoms with Crippen molar-refractivity contribution < 1.29 is 52.8 Å². The van der Waals surface area contributed by atoms with Gasteiger partial charge in [-0.1, -0.05) is 60.1 Å². The van der Waals surface area contributed by atoms with Crippen LogP contribution in [0.1, 0.15) is 47.0 Å². The van der Waals surface area contributed by atoms with Crippen LogP contribution in [0.25, 0.3) is 89.0 Å². The average Bonchev–Trinajstić information content (AvgIpc) is 0.787. The lowest BCUT2D eigenvalue weighted by Crippen LogP contribution is -2.47. The standard InChI is InChI=1S/C24H20N4O3S.C23H17ClN4O3S.2C23H18N4O3S/c1-16-4-7-18(15-20(16)21-10-11-22-23(27-21)3-2-12-25-22)26-24(29)17-5-8-19(9-6-17)28-13-14-32(28,30)31;24-20-10-7-17(13-19(20)22-25-14-16-3-1-2-4-21(16)27-22)26-23(29)15-5-8-18(9-6-15)28-11-12-32(28,30)31;28-23(16-6-8-19(9-7-16)27-13-14-31(27,29)30)25-18-4-1-3-17(15-18)20-10-11-21-22(26-20)5-2-12-24-21;28-23(16-4-7-20(8-5-16)27-12-13-31(27,29)30)25-19-3-1-2-17(14-19)21-9-6-18-15-24-11-10-22(18)26-21/h2-12,15H,13-14H2,1H3,(H,26,29);1-10,13-14H,11-12H2,(H,26,29);1-12,15H,13-14H2,(H,25,28);1-11,14-15H,12-13H2,(H,25,28). The number of aromatic nitrogens is 8. The summed E-state index contributed by atoms with van der Waals surface area (Å²) in [5, 5.41) is 13.9. The van der Waals surface area contributed by atoms with Gasteiger partial charge in [0.2, 0.25) is 40.1 Å². The zero-order chi connectivity index (χ0) is 87.4. The molecular weight excluding hydrogens is 1700 g/mol. The van der Waals surface area contributed by atoms with Gasteiger partial charge in [0.15, 0.2) is 5.82 Å². The molecule has 20 rings (SSSR count). The molecule has 0 radical (unpaired) electrons. The minimum atomic E-state index is -3.20. The molecule has 7 aromatic heterocycles. The smallest absolute Gasteiger partial charge is 0.255 e. The van der Waals surface area contributed by atoms with Gasteiger partial charge in [-0.2, -0.15) is 0 Å². The van der Waals surface area contributed by atoms with Crippen molar-refractivity contribution in [2.24, 2.45) is 0 Å². The molecule has 0 aliphatic carbocycles. The van der Waals surface area contributed by atoms with Gasteiger partial charge in [0.05, 0.1) is 101 Å². The number of halogens is 1. The first-order valence-corrected chi connectivity index (χ1v) is 46.3. The fraction of sp³-hybridized carbons (Fsp3) is 0.0968. The van der Waals surface area contributed by atoms with Gasteiger partial charge in [0.1, 0.15) is 0 Å². The van der Waals surface area contributed by atoms with Gasteiger partial charge in [0.25, 0.3) is 23.6 Å². The highest BCUT2D eigenvalue weighted by Crippen LogP contribution is 2.35. The number of para-hydroxylation sites is 1. The van der Waals surface area contributed by atoms with Crippen molar-refractivity contribution in [3.63, 3.8) is 0 Å². The van der Waals surface area contributed by atoms with E-state index < -0.39 is 40.1 Å². The summed E-state index contributed by atoms with van der Waals surface area (Å²) in [5.74, 6) is -0.0432. The number of rotatable bonds is 16. The monoisotopic (exact) mass is 1770 g/mol. The van der Waals surface area contributed by atoms with Crippen LogP contribution >= 0.6 is 11.6 Å². The predicted octanol–water partition coefficient (Wildman–Crippen LogP) is 15.8. The lowest BCUT2D eigenvalue weighted by atomic mass is 10.0. The molecule has 0 atom stereocenters. The molecule has 628 valence electrons. The lowest BCUT2D eigenvalue weighted by molar-refractivity contribution is 0.101. The third-order valence-corrected chi connectivity index (χ3v) is 28.6. The van der Waals surface area contributed by atoms with Crippen LogP contribution in [0.2, 0.25) is 5.02 Å². The van der Waals surface area contributed by atoms with Crippen molar-refractivity contribution in [2.75, 3.05) is 87.7 Å². The van der Waals surface area contributed by atoms with E-state index in [1.807, 2.05) is 165 Å². The van der Waals surface area contributed by atoms with Crippen LogP contribution in [-0.4, -0.2) is 146 Å². The maximum Gasteiger partial charge on any atom is 0.255 e. The maximum absolute atomic E-state index is 12.7. The number of pyridine rings is 6. The Morgan fingerprint density at radius 1 is 0.317 bits per heavy atom. The number of fused-ring (bicyclic) bond motifs is 4. The van der Waals surface area contributed by atoms with Crippen LogP contribution in [0.4, 0.5) is 45.5 Å². The molecule has 9 aromatic carbocycles. The molecule has 0 unspecified atom stereocenters. The topological polar surface area (TPSA) is 369 Å². The van der Waals surface area contributed by atoms with Crippen molar-refractivity contribution in [3.05, 3.63) is 337 Å². The number of sulfonamides is 4. The maximum atomic E-state index is 12.7. The van der Waals surface area contributed by atoms with Crippen LogP contribution in [0.15, 0.2) is 304 Å². The van der Waals surface area contributed by atoms with Crippen LogP contribution < -0.4 is 38.5 Å². The molecule has 11 heterocycles. The fourth-order valence-electron chi connectivity index (χ4n) is 14.1. The van der Waals surface area contributed by atoms with Crippen molar-refractivity contribution in [2.45, 2.75) is 6.92 Å². The number of nitrogens with zero attached hydrogens (tertiary/aromatic N) is 12. The molecule has 4 saturated heterocycles. The zero-order valence-electron chi connectivity index (χ0n) is 66.8. The minimum absolute atomic E-state index is 0.148. The molecule has 4 N–H and O–H groups in total. The molecule has 28 nitrogen and oxygen atoms in total. The van der Waals surface area contributed by atoms with Crippen LogP contribution in [0.3, 0.4) is 0 Å². The van der Waals surface area contributed by atoms with E-state index >= 15 is 0 Å². The minimum Gasteiger partial charge on any atom is -0.322 e. The quantitative estimate of drug-likeness (QED) is 0.0698. The number of carbonyl (C=O) groups excluding carboxylic acids is 4. The van der Waals surface area contributed by atoms with Gasteiger partial charge < -0.3 is 21.3 Å². The number of hydrogen-bond donors (Lipinski definition) is 4. The van der Waals surface area contributed by atoms with Crippen molar-refractivity contribution >= 4 is 165 Å². The third kappa shape index (κ3) is 18.4. The summed E-state index contributed by atoms with van der Waals surface area (Å²) in [6.45, 7) is 3.87. The SMILES string of the molecule is Cc1ccc(NC(=O)c2ccc(N3CCS3(=O)=O)cc2)cc1-c1ccc2ncccc2n1.O=C(Nc1ccc(Cl)c(-c2ncc3ccccc3n2)c1)c1ccc(N2CCS2(=O)=O)cc1.O=C(Nc1cccc(-c2ccc3cnccc3n2)c1)c1ccc(N2CCS2(=O)=O)cc1.O=C(Nc1cccc(-c2ccc3ncccc3n2)c1)c1ccc(N2CCS2(=O)=O)cc1. The number of benzene rings is 9. The number of aryl methyl sites for hydroxylation is 1. The Morgan fingerprint density at radius 2 is 0.698 bits per heavy atom. The van der Waals surface area contributed by atoms with Crippen LogP contribution in [-0.2, 0) is 40.1 Å². The number of hydrogen-bond acceptors (Lipinski definition) is 20. The summed E-state index contributed by atoms with van der Waals surface area (Å²) < 4.78 is 99.3. The van der Waals surface area contributed by atoms with E-state index in [1.165, 1.54) is 17.2 Å². The third-order valence-electron chi connectivity index (χ3n) is 21.2. The highest BCUT2D eigenvalue weighted by Gasteiger charge is 2.36. The molecule has 0 spiro atoms. The molecule has 33 heteroatoms. The Labute approximate surface area is 729 Å².